The van der Waals surface area contributed by atoms with Crippen LogP contribution in [0.15, 0.2) is 24.4 Å². The molecule has 2 aromatic rings. The van der Waals surface area contributed by atoms with Crippen LogP contribution in [0.4, 0.5) is 10.1 Å². The second-order valence-corrected chi connectivity index (χ2v) is 4.10. The van der Waals surface area contributed by atoms with E-state index in [1.165, 1.54) is 6.07 Å². The molecule has 2 rings (SSSR count). The molecule has 0 saturated heterocycles. The van der Waals surface area contributed by atoms with Gasteiger partial charge in [-0.2, -0.15) is 5.10 Å². The van der Waals surface area contributed by atoms with Crippen molar-refractivity contribution in [3.63, 3.8) is 0 Å². The van der Waals surface area contributed by atoms with Gasteiger partial charge in [0, 0.05) is 17.8 Å². The molecule has 4 heteroatoms. The Labute approximate surface area is 100 Å². The van der Waals surface area contributed by atoms with E-state index in [1.54, 1.807) is 12.3 Å². The maximum Gasteiger partial charge on any atom is 0.146 e. The third-order valence-corrected chi connectivity index (χ3v) is 2.85. The number of aromatic nitrogens is 2. The molecule has 3 nitrogen and oxygen atoms in total. The Kier molecular flexibility index (Phi) is 3.13. The Morgan fingerprint density at radius 1 is 1.41 bits per heavy atom. The molecular formula is C13H16FN3. The van der Waals surface area contributed by atoms with Gasteiger partial charge in [-0.1, -0.05) is 13.0 Å². The highest BCUT2D eigenvalue weighted by Crippen LogP contribution is 2.25. The maximum absolute atomic E-state index is 13.4. The molecule has 1 heterocycles. The van der Waals surface area contributed by atoms with Crippen molar-refractivity contribution in [1.82, 2.24) is 9.78 Å². The zero-order valence-corrected chi connectivity index (χ0v) is 10.1. The molecule has 0 atom stereocenters. The number of nitrogens with two attached hydrogens (primary N) is 1. The molecule has 0 unspecified atom stereocenters. The van der Waals surface area contributed by atoms with Gasteiger partial charge in [-0.25, -0.2) is 4.39 Å². The van der Waals surface area contributed by atoms with Crippen molar-refractivity contribution in [2.75, 3.05) is 5.73 Å². The van der Waals surface area contributed by atoms with E-state index in [4.69, 9.17) is 5.73 Å². The number of aryl methyl sites for hydroxylation is 1. The SMILES string of the molecule is CCCn1ncc(-c2ccc(N)c(F)c2)c1C. The van der Waals surface area contributed by atoms with E-state index in [9.17, 15) is 4.39 Å². The summed E-state index contributed by atoms with van der Waals surface area (Å²) in [5.41, 5.74) is 8.46. The predicted molar refractivity (Wildman–Crippen MR) is 67.1 cm³/mol. The summed E-state index contributed by atoms with van der Waals surface area (Å²) < 4.78 is 15.3. The predicted octanol–water partition coefficient (Wildman–Crippen LogP) is 2.99. The van der Waals surface area contributed by atoms with Gasteiger partial charge in [0.15, 0.2) is 0 Å². The van der Waals surface area contributed by atoms with Crippen LogP contribution in [-0.2, 0) is 6.54 Å². The number of nitrogens with zero attached hydrogens (tertiary/aromatic N) is 2. The van der Waals surface area contributed by atoms with Crippen LogP contribution in [0.1, 0.15) is 19.0 Å². The van der Waals surface area contributed by atoms with E-state index >= 15 is 0 Å². The second-order valence-electron chi connectivity index (χ2n) is 4.10. The molecule has 0 bridgehead atoms. The summed E-state index contributed by atoms with van der Waals surface area (Å²) in [6.07, 6.45) is 2.80. The van der Waals surface area contributed by atoms with Gasteiger partial charge in [-0.15, -0.1) is 0 Å². The number of nitrogen functional groups attached to an aromatic ring is 1. The van der Waals surface area contributed by atoms with E-state index in [0.29, 0.717) is 0 Å². The minimum atomic E-state index is -0.384. The highest BCUT2D eigenvalue weighted by atomic mass is 19.1. The average Bonchev–Trinajstić information content (AvgIpc) is 2.66. The fraction of sp³-hybridized carbons (Fsp3) is 0.308. The molecule has 0 radical (unpaired) electrons. The molecule has 90 valence electrons. The summed E-state index contributed by atoms with van der Waals surface area (Å²) in [4.78, 5) is 0. The molecule has 0 spiro atoms. The van der Waals surface area contributed by atoms with Crippen molar-refractivity contribution < 1.29 is 4.39 Å². The van der Waals surface area contributed by atoms with E-state index in [0.717, 1.165) is 29.8 Å². The average molecular weight is 233 g/mol. The lowest BCUT2D eigenvalue weighted by molar-refractivity contribution is 0.587. The van der Waals surface area contributed by atoms with Gasteiger partial charge < -0.3 is 5.73 Å². The summed E-state index contributed by atoms with van der Waals surface area (Å²) in [6, 6.07) is 4.86. The second kappa shape index (κ2) is 4.57. The van der Waals surface area contributed by atoms with Crippen LogP contribution in [0.3, 0.4) is 0 Å². The topological polar surface area (TPSA) is 43.8 Å². The van der Waals surface area contributed by atoms with Crippen molar-refractivity contribution in [1.29, 1.82) is 0 Å². The van der Waals surface area contributed by atoms with Crippen LogP contribution >= 0.6 is 0 Å². The quantitative estimate of drug-likeness (QED) is 0.828. The zero-order valence-electron chi connectivity index (χ0n) is 10.1. The smallest absolute Gasteiger partial charge is 0.146 e. The minimum absolute atomic E-state index is 0.173. The molecular weight excluding hydrogens is 217 g/mol. The summed E-state index contributed by atoms with van der Waals surface area (Å²) in [5, 5.41) is 4.30. The summed E-state index contributed by atoms with van der Waals surface area (Å²) in [5.74, 6) is -0.384. The van der Waals surface area contributed by atoms with Crippen LogP contribution in [0.5, 0.6) is 0 Å². The molecule has 0 amide bonds. The zero-order chi connectivity index (χ0) is 12.4. The molecule has 0 saturated carbocycles. The highest BCUT2D eigenvalue weighted by Gasteiger charge is 2.09. The van der Waals surface area contributed by atoms with Crippen LogP contribution in [0, 0.1) is 12.7 Å². The molecule has 17 heavy (non-hydrogen) atoms. The van der Waals surface area contributed by atoms with Gasteiger partial charge in [-0.3, -0.25) is 4.68 Å². The molecule has 2 N–H and O–H groups in total. The first-order valence-corrected chi connectivity index (χ1v) is 5.71. The third kappa shape index (κ3) is 2.16. The Bertz CT molecular complexity index is 531. The monoisotopic (exact) mass is 233 g/mol. The van der Waals surface area contributed by atoms with Crippen molar-refractivity contribution in [3.8, 4) is 11.1 Å². The Hall–Kier alpha value is -1.84. The highest BCUT2D eigenvalue weighted by molar-refractivity contribution is 5.67. The molecule has 0 fully saturated rings. The van der Waals surface area contributed by atoms with Crippen LogP contribution in [-0.4, -0.2) is 9.78 Å². The van der Waals surface area contributed by atoms with Crippen LogP contribution in [0.25, 0.3) is 11.1 Å². The number of benzene rings is 1. The van der Waals surface area contributed by atoms with Crippen molar-refractivity contribution in [2.45, 2.75) is 26.8 Å². The standard InChI is InChI=1S/C13H16FN3/c1-3-6-17-9(2)11(8-16-17)10-4-5-13(15)12(14)7-10/h4-5,7-8H,3,6,15H2,1-2H3. The first-order valence-electron chi connectivity index (χ1n) is 5.71. The fourth-order valence-electron chi connectivity index (χ4n) is 1.86. The summed E-state index contributed by atoms with van der Waals surface area (Å²) in [7, 11) is 0. The van der Waals surface area contributed by atoms with Crippen LogP contribution in [0.2, 0.25) is 0 Å². The molecule has 1 aromatic heterocycles. The normalized spacial score (nSPS) is 10.8. The number of anilines is 1. The van der Waals surface area contributed by atoms with Crippen molar-refractivity contribution >= 4 is 5.69 Å². The number of halogens is 1. The molecule has 0 aliphatic rings. The molecule has 0 aliphatic heterocycles. The van der Waals surface area contributed by atoms with Crippen molar-refractivity contribution in [2.24, 2.45) is 0 Å². The van der Waals surface area contributed by atoms with Gasteiger partial charge in [0.25, 0.3) is 0 Å². The lowest BCUT2D eigenvalue weighted by Crippen LogP contribution is -2.01. The third-order valence-electron chi connectivity index (χ3n) is 2.85. The van der Waals surface area contributed by atoms with Gasteiger partial charge >= 0.3 is 0 Å². The molecule has 0 aliphatic carbocycles. The lowest BCUT2D eigenvalue weighted by Gasteiger charge is -2.05. The maximum atomic E-state index is 13.4. The van der Waals surface area contributed by atoms with Gasteiger partial charge in [0.1, 0.15) is 5.82 Å². The van der Waals surface area contributed by atoms with Crippen LogP contribution < -0.4 is 5.73 Å². The summed E-state index contributed by atoms with van der Waals surface area (Å²) in [6.45, 7) is 4.97. The minimum Gasteiger partial charge on any atom is -0.396 e. The first kappa shape index (κ1) is 11.6. The van der Waals surface area contributed by atoms with E-state index in [2.05, 4.69) is 12.0 Å². The van der Waals surface area contributed by atoms with Gasteiger partial charge in [0.05, 0.1) is 11.9 Å². The van der Waals surface area contributed by atoms with Crippen molar-refractivity contribution in [3.05, 3.63) is 35.9 Å². The Balaban J connectivity index is 2.42. The lowest BCUT2D eigenvalue weighted by atomic mass is 10.1. The summed E-state index contributed by atoms with van der Waals surface area (Å²) >= 11 is 0. The fourth-order valence-corrected chi connectivity index (χ4v) is 1.86. The Morgan fingerprint density at radius 3 is 2.82 bits per heavy atom. The van der Waals surface area contributed by atoms with E-state index < -0.39 is 0 Å². The first-order chi connectivity index (χ1) is 8.13. The van der Waals surface area contributed by atoms with E-state index in [-0.39, 0.29) is 11.5 Å². The van der Waals surface area contributed by atoms with Gasteiger partial charge in [0.2, 0.25) is 0 Å². The number of rotatable bonds is 3. The largest absolute Gasteiger partial charge is 0.396 e. The Morgan fingerprint density at radius 2 is 2.18 bits per heavy atom. The van der Waals surface area contributed by atoms with E-state index in [1.807, 2.05) is 17.7 Å². The number of hydrogen-bond acceptors (Lipinski definition) is 2. The molecule has 1 aromatic carbocycles. The van der Waals surface area contributed by atoms with Gasteiger partial charge in [-0.05, 0) is 31.0 Å². The number of hydrogen-bond donors (Lipinski definition) is 1.